The van der Waals surface area contributed by atoms with Crippen molar-refractivity contribution in [2.75, 3.05) is 0 Å². The Kier molecular flexibility index (Phi) is 5.76. The molecule has 0 bridgehead atoms. The fourth-order valence-corrected chi connectivity index (χ4v) is 2.30. The first-order valence-corrected chi connectivity index (χ1v) is 7.72. The number of nitrogens with one attached hydrogen (secondary N) is 1. The van der Waals surface area contributed by atoms with Crippen LogP contribution in [-0.2, 0) is 13.2 Å². The van der Waals surface area contributed by atoms with Gasteiger partial charge < -0.3 is 10.1 Å². The fraction of sp³-hybridized carbons (Fsp3) is 0.294. The average Bonchev–Trinajstić information content (AvgIpc) is 2.43. The van der Waals surface area contributed by atoms with E-state index in [2.05, 4.69) is 47.2 Å². The highest BCUT2D eigenvalue weighted by molar-refractivity contribution is 9.10. The molecule has 0 heterocycles. The fourth-order valence-electron chi connectivity index (χ4n) is 1.85. The van der Waals surface area contributed by atoms with Gasteiger partial charge in [-0.1, -0.05) is 54.0 Å². The van der Waals surface area contributed by atoms with E-state index in [9.17, 15) is 4.39 Å². The molecule has 0 fully saturated rings. The van der Waals surface area contributed by atoms with Crippen LogP contribution in [0.2, 0.25) is 0 Å². The van der Waals surface area contributed by atoms with Crippen LogP contribution in [0.5, 0.6) is 5.75 Å². The van der Waals surface area contributed by atoms with E-state index >= 15 is 0 Å². The molecule has 0 saturated heterocycles. The zero-order valence-corrected chi connectivity index (χ0v) is 13.8. The van der Waals surface area contributed by atoms with E-state index in [1.165, 1.54) is 17.7 Å². The van der Waals surface area contributed by atoms with Gasteiger partial charge in [0.15, 0.2) is 0 Å². The first-order valence-electron chi connectivity index (χ1n) is 6.93. The van der Waals surface area contributed by atoms with E-state index in [4.69, 9.17) is 4.74 Å². The maximum absolute atomic E-state index is 13.2. The lowest BCUT2D eigenvalue weighted by Gasteiger charge is -2.10. The molecule has 0 unspecified atom stereocenters. The molecule has 2 nitrogen and oxygen atoms in total. The standard InChI is InChI=1S/C17H19BrFNO/c1-12(2)20-10-13-3-5-14(6-4-13)11-21-17-8-15(18)7-16(19)9-17/h3-9,12,20H,10-11H2,1-2H3. The van der Waals surface area contributed by atoms with Crippen LogP contribution in [0.3, 0.4) is 0 Å². The lowest BCUT2D eigenvalue weighted by Crippen LogP contribution is -2.21. The van der Waals surface area contributed by atoms with Gasteiger partial charge in [0.05, 0.1) is 0 Å². The molecule has 0 atom stereocenters. The quantitative estimate of drug-likeness (QED) is 0.816. The Hall–Kier alpha value is -1.39. The lowest BCUT2D eigenvalue weighted by atomic mass is 10.1. The van der Waals surface area contributed by atoms with Crippen molar-refractivity contribution in [2.45, 2.75) is 33.0 Å². The maximum atomic E-state index is 13.2. The second-order valence-electron chi connectivity index (χ2n) is 5.25. The molecule has 2 aromatic rings. The molecule has 4 heteroatoms. The van der Waals surface area contributed by atoms with Crippen molar-refractivity contribution in [3.05, 3.63) is 63.9 Å². The molecule has 0 aliphatic carbocycles. The Morgan fingerprint density at radius 1 is 1.10 bits per heavy atom. The Bertz CT molecular complexity index is 564. The van der Waals surface area contributed by atoms with Crippen LogP contribution in [-0.4, -0.2) is 6.04 Å². The van der Waals surface area contributed by atoms with Crippen LogP contribution in [0.4, 0.5) is 4.39 Å². The average molecular weight is 352 g/mol. The zero-order chi connectivity index (χ0) is 15.2. The van der Waals surface area contributed by atoms with Crippen LogP contribution in [0.1, 0.15) is 25.0 Å². The number of hydrogen-bond acceptors (Lipinski definition) is 2. The first-order chi connectivity index (χ1) is 10.0. The summed E-state index contributed by atoms with van der Waals surface area (Å²) in [6, 6.07) is 13.2. The second kappa shape index (κ2) is 7.57. The van der Waals surface area contributed by atoms with Crippen LogP contribution in [0.15, 0.2) is 46.9 Å². The SMILES string of the molecule is CC(C)NCc1ccc(COc2cc(F)cc(Br)c2)cc1. The molecular weight excluding hydrogens is 333 g/mol. The zero-order valence-electron chi connectivity index (χ0n) is 12.2. The molecule has 0 radical (unpaired) electrons. The van der Waals surface area contributed by atoms with Crippen LogP contribution < -0.4 is 10.1 Å². The van der Waals surface area contributed by atoms with Gasteiger partial charge in [0.2, 0.25) is 0 Å². The normalized spacial score (nSPS) is 10.9. The maximum Gasteiger partial charge on any atom is 0.128 e. The van der Waals surface area contributed by atoms with Gasteiger partial charge in [-0.05, 0) is 23.3 Å². The van der Waals surface area contributed by atoms with E-state index in [-0.39, 0.29) is 5.82 Å². The van der Waals surface area contributed by atoms with Gasteiger partial charge in [-0.15, -0.1) is 0 Å². The number of ether oxygens (including phenoxy) is 1. The predicted molar refractivity (Wildman–Crippen MR) is 86.8 cm³/mol. The smallest absolute Gasteiger partial charge is 0.128 e. The molecule has 1 N–H and O–H groups in total. The largest absolute Gasteiger partial charge is 0.489 e. The molecule has 0 aliphatic rings. The minimum absolute atomic E-state index is 0.311. The van der Waals surface area contributed by atoms with E-state index in [0.717, 1.165) is 12.1 Å². The van der Waals surface area contributed by atoms with Crippen molar-refractivity contribution in [1.82, 2.24) is 5.32 Å². The number of halogens is 2. The van der Waals surface area contributed by atoms with Crippen molar-refractivity contribution >= 4 is 15.9 Å². The number of benzene rings is 2. The summed E-state index contributed by atoms with van der Waals surface area (Å²) in [6.45, 7) is 5.53. The van der Waals surface area contributed by atoms with E-state index in [0.29, 0.717) is 22.9 Å². The van der Waals surface area contributed by atoms with Crippen molar-refractivity contribution in [3.63, 3.8) is 0 Å². The monoisotopic (exact) mass is 351 g/mol. The second-order valence-corrected chi connectivity index (χ2v) is 6.16. The third-order valence-corrected chi connectivity index (χ3v) is 3.44. The Morgan fingerprint density at radius 2 is 1.76 bits per heavy atom. The van der Waals surface area contributed by atoms with Crippen LogP contribution in [0, 0.1) is 5.82 Å². The van der Waals surface area contributed by atoms with Crippen molar-refractivity contribution in [1.29, 1.82) is 0 Å². The van der Waals surface area contributed by atoms with Gasteiger partial charge >= 0.3 is 0 Å². The third kappa shape index (κ3) is 5.48. The van der Waals surface area contributed by atoms with Gasteiger partial charge in [-0.2, -0.15) is 0 Å². The van der Waals surface area contributed by atoms with E-state index in [1.54, 1.807) is 6.07 Å². The summed E-state index contributed by atoms with van der Waals surface area (Å²) in [6.07, 6.45) is 0. The van der Waals surface area contributed by atoms with Crippen LogP contribution >= 0.6 is 15.9 Å². The summed E-state index contributed by atoms with van der Waals surface area (Å²) in [5.41, 5.74) is 2.30. The van der Waals surface area contributed by atoms with Gasteiger partial charge in [0.1, 0.15) is 18.2 Å². The lowest BCUT2D eigenvalue weighted by molar-refractivity contribution is 0.304. The van der Waals surface area contributed by atoms with Gasteiger partial charge in [0.25, 0.3) is 0 Å². The Labute approximate surface area is 133 Å². The van der Waals surface area contributed by atoms with E-state index in [1.807, 2.05) is 12.1 Å². The molecule has 112 valence electrons. The third-order valence-electron chi connectivity index (χ3n) is 2.98. The van der Waals surface area contributed by atoms with Crippen molar-refractivity contribution < 1.29 is 9.13 Å². The first kappa shape index (κ1) is 16.0. The molecule has 0 saturated carbocycles. The summed E-state index contributed by atoms with van der Waals surface area (Å²) in [5.74, 6) is 0.210. The summed E-state index contributed by atoms with van der Waals surface area (Å²) < 4.78 is 19.5. The molecule has 2 rings (SSSR count). The summed E-state index contributed by atoms with van der Waals surface area (Å²) in [4.78, 5) is 0. The number of hydrogen-bond donors (Lipinski definition) is 1. The van der Waals surface area contributed by atoms with Gasteiger partial charge in [-0.25, -0.2) is 4.39 Å². The highest BCUT2D eigenvalue weighted by Gasteiger charge is 2.01. The predicted octanol–water partition coefficient (Wildman–Crippen LogP) is 4.67. The highest BCUT2D eigenvalue weighted by Crippen LogP contribution is 2.21. The Balaban J connectivity index is 1.91. The Morgan fingerprint density at radius 3 is 2.38 bits per heavy atom. The summed E-state index contributed by atoms with van der Waals surface area (Å²) in [5, 5.41) is 3.37. The molecule has 0 amide bonds. The molecular formula is C17H19BrFNO. The summed E-state index contributed by atoms with van der Waals surface area (Å²) >= 11 is 3.25. The molecule has 2 aromatic carbocycles. The van der Waals surface area contributed by atoms with E-state index < -0.39 is 0 Å². The van der Waals surface area contributed by atoms with Gasteiger partial charge in [-0.3, -0.25) is 0 Å². The van der Waals surface area contributed by atoms with Crippen LogP contribution in [0.25, 0.3) is 0 Å². The molecule has 0 aromatic heterocycles. The minimum Gasteiger partial charge on any atom is -0.489 e. The highest BCUT2D eigenvalue weighted by atomic mass is 79.9. The molecule has 21 heavy (non-hydrogen) atoms. The van der Waals surface area contributed by atoms with Gasteiger partial charge in [0, 0.05) is 23.1 Å². The van der Waals surface area contributed by atoms with Crippen molar-refractivity contribution in [3.8, 4) is 5.75 Å². The minimum atomic E-state index is -0.311. The molecule has 0 aliphatic heterocycles. The van der Waals surface area contributed by atoms with Crippen molar-refractivity contribution in [2.24, 2.45) is 0 Å². The number of rotatable bonds is 6. The molecule has 0 spiro atoms. The summed E-state index contributed by atoms with van der Waals surface area (Å²) in [7, 11) is 0. The topological polar surface area (TPSA) is 21.3 Å².